The van der Waals surface area contributed by atoms with Crippen LogP contribution in [-0.2, 0) is 6.54 Å². The van der Waals surface area contributed by atoms with Crippen molar-refractivity contribution in [3.63, 3.8) is 0 Å². The Labute approximate surface area is 135 Å². The Hall–Kier alpha value is -2.66. The lowest BCUT2D eigenvalue weighted by Gasteiger charge is -2.27. The van der Waals surface area contributed by atoms with Gasteiger partial charge in [-0.2, -0.15) is 5.11 Å². The van der Waals surface area contributed by atoms with E-state index in [0.29, 0.717) is 17.9 Å². The maximum atomic E-state index is 10.5. The quantitative estimate of drug-likeness (QED) is 0.742. The molecule has 3 N–H and O–H groups in total. The number of anilines is 1. The maximum Gasteiger partial charge on any atom is 0.118 e. The van der Waals surface area contributed by atoms with Crippen molar-refractivity contribution in [1.82, 2.24) is 5.32 Å². The van der Waals surface area contributed by atoms with Crippen LogP contribution in [0, 0.1) is 5.53 Å². The zero-order chi connectivity index (χ0) is 16.4. The fourth-order valence-corrected chi connectivity index (χ4v) is 2.86. The van der Waals surface area contributed by atoms with E-state index in [0.717, 1.165) is 22.4 Å². The SMILES string of the molecule is CC(C)N/C1=C(\N=N)c2ccccc2N(O)Cc2ccccc21. The van der Waals surface area contributed by atoms with Crippen LogP contribution in [0.1, 0.15) is 30.5 Å². The molecule has 0 aliphatic carbocycles. The first-order valence-corrected chi connectivity index (χ1v) is 7.64. The van der Waals surface area contributed by atoms with E-state index in [-0.39, 0.29) is 6.04 Å². The van der Waals surface area contributed by atoms with Gasteiger partial charge in [0.15, 0.2) is 0 Å². The number of fused-ring (bicyclic) bond motifs is 2. The van der Waals surface area contributed by atoms with Gasteiger partial charge in [-0.25, -0.2) is 5.53 Å². The second-order valence-electron chi connectivity index (χ2n) is 5.87. The number of hydrogen-bond donors (Lipinski definition) is 3. The van der Waals surface area contributed by atoms with Gasteiger partial charge in [-0.15, -0.1) is 0 Å². The molecule has 1 aliphatic heterocycles. The number of hydrogen-bond acceptors (Lipinski definition) is 5. The van der Waals surface area contributed by atoms with Crippen LogP contribution in [0.25, 0.3) is 11.4 Å². The maximum absolute atomic E-state index is 10.5. The predicted octanol–water partition coefficient (Wildman–Crippen LogP) is 4.25. The minimum Gasteiger partial charge on any atom is -0.381 e. The van der Waals surface area contributed by atoms with Crippen molar-refractivity contribution in [1.29, 1.82) is 5.53 Å². The lowest BCUT2D eigenvalue weighted by atomic mass is 9.96. The summed E-state index contributed by atoms with van der Waals surface area (Å²) in [7, 11) is 0. The molecule has 2 aromatic carbocycles. The van der Waals surface area contributed by atoms with Gasteiger partial charge < -0.3 is 5.32 Å². The van der Waals surface area contributed by atoms with Gasteiger partial charge in [0.05, 0.1) is 17.9 Å². The standard InChI is InChI=1S/C18H20N4O/c1-12(2)20-17-14-8-4-3-7-13(14)11-22(23)16-10-6-5-9-15(16)18(17)21-19/h3-10,12,19-20,23H,11H2,1-2H3/b18-17-,21-19?. The summed E-state index contributed by atoms with van der Waals surface area (Å²) in [4.78, 5) is 0. The molecule has 0 saturated carbocycles. The minimum atomic E-state index is 0.201. The summed E-state index contributed by atoms with van der Waals surface area (Å²) in [5, 5.41) is 18.9. The van der Waals surface area contributed by atoms with Crippen molar-refractivity contribution in [2.24, 2.45) is 5.11 Å². The molecule has 5 heteroatoms. The molecular weight excluding hydrogens is 288 g/mol. The highest BCUT2D eigenvalue weighted by atomic mass is 16.5. The van der Waals surface area contributed by atoms with E-state index in [2.05, 4.69) is 24.3 Å². The predicted molar refractivity (Wildman–Crippen MR) is 91.1 cm³/mol. The van der Waals surface area contributed by atoms with Crippen LogP contribution < -0.4 is 10.4 Å². The van der Waals surface area contributed by atoms with Gasteiger partial charge in [0, 0.05) is 17.2 Å². The minimum absolute atomic E-state index is 0.201. The number of rotatable bonds is 3. The van der Waals surface area contributed by atoms with Crippen LogP contribution in [-0.4, -0.2) is 11.2 Å². The van der Waals surface area contributed by atoms with Crippen molar-refractivity contribution in [2.75, 3.05) is 5.06 Å². The summed E-state index contributed by atoms with van der Waals surface area (Å²) in [6.07, 6.45) is 0. The Balaban J connectivity index is 2.34. The van der Waals surface area contributed by atoms with Crippen LogP contribution in [0.15, 0.2) is 53.6 Å². The van der Waals surface area contributed by atoms with E-state index in [9.17, 15) is 5.21 Å². The van der Waals surface area contributed by atoms with E-state index in [1.54, 1.807) is 0 Å². The third-order valence-corrected chi connectivity index (χ3v) is 3.83. The fraction of sp³-hybridized carbons (Fsp3) is 0.222. The summed E-state index contributed by atoms with van der Waals surface area (Å²) < 4.78 is 0. The molecule has 2 aromatic rings. The van der Waals surface area contributed by atoms with Crippen molar-refractivity contribution >= 4 is 17.1 Å². The van der Waals surface area contributed by atoms with Crippen LogP contribution in [0.4, 0.5) is 5.69 Å². The lowest BCUT2D eigenvalue weighted by molar-refractivity contribution is 0.249. The monoisotopic (exact) mass is 308 g/mol. The highest BCUT2D eigenvalue weighted by molar-refractivity contribution is 5.94. The van der Waals surface area contributed by atoms with Crippen LogP contribution in [0.3, 0.4) is 0 Å². The second kappa shape index (κ2) is 6.22. The lowest BCUT2D eigenvalue weighted by Crippen LogP contribution is -2.26. The fourth-order valence-electron chi connectivity index (χ4n) is 2.86. The number of nitrogens with zero attached hydrogens (tertiary/aromatic N) is 2. The summed E-state index contributed by atoms with van der Waals surface area (Å²) in [5.41, 5.74) is 12.4. The Morgan fingerprint density at radius 3 is 2.43 bits per heavy atom. The highest BCUT2D eigenvalue weighted by Gasteiger charge is 2.23. The van der Waals surface area contributed by atoms with Crippen molar-refractivity contribution in [2.45, 2.75) is 26.4 Å². The zero-order valence-corrected chi connectivity index (χ0v) is 13.2. The van der Waals surface area contributed by atoms with Crippen molar-refractivity contribution in [3.05, 3.63) is 65.2 Å². The second-order valence-corrected chi connectivity index (χ2v) is 5.87. The Kier molecular flexibility index (Phi) is 4.12. The van der Waals surface area contributed by atoms with Gasteiger partial charge in [-0.1, -0.05) is 42.5 Å². The number of hydroxylamine groups is 1. The van der Waals surface area contributed by atoms with Crippen LogP contribution >= 0.6 is 0 Å². The van der Waals surface area contributed by atoms with Gasteiger partial charge in [0.2, 0.25) is 0 Å². The molecule has 0 saturated heterocycles. The molecule has 0 aromatic heterocycles. The molecule has 0 unspecified atom stereocenters. The average Bonchev–Trinajstić information content (AvgIpc) is 2.54. The van der Waals surface area contributed by atoms with E-state index < -0.39 is 0 Å². The van der Waals surface area contributed by atoms with Gasteiger partial charge in [-0.3, -0.25) is 10.3 Å². The Morgan fingerprint density at radius 2 is 1.74 bits per heavy atom. The molecule has 0 radical (unpaired) electrons. The first-order valence-electron chi connectivity index (χ1n) is 7.64. The average molecular weight is 308 g/mol. The zero-order valence-electron chi connectivity index (χ0n) is 13.2. The number of para-hydroxylation sites is 1. The molecule has 3 rings (SSSR count). The van der Waals surface area contributed by atoms with Crippen molar-refractivity contribution in [3.8, 4) is 0 Å². The first kappa shape index (κ1) is 15.2. The van der Waals surface area contributed by atoms with Gasteiger partial charge >= 0.3 is 0 Å². The molecule has 118 valence electrons. The smallest absolute Gasteiger partial charge is 0.118 e. The summed E-state index contributed by atoms with van der Waals surface area (Å²) in [6.45, 7) is 4.49. The van der Waals surface area contributed by atoms with E-state index in [1.807, 2.05) is 48.5 Å². The molecule has 0 spiro atoms. The summed E-state index contributed by atoms with van der Waals surface area (Å²) in [5.74, 6) is 0. The third-order valence-electron chi connectivity index (χ3n) is 3.83. The Bertz CT molecular complexity index is 767. The molecular formula is C18H20N4O. The van der Waals surface area contributed by atoms with Gasteiger partial charge in [0.1, 0.15) is 5.70 Å². The number of benzene rings is 2. The molecule has 0 fully saturated rings. The Morgan fingerprint density at radius 1 is 1.09 bits per heavy atom. The first-order chi connectivity index (χ1) is 11.1. The molecule has 23 heavy (non-hydrogen) atoms. The van der Waals surface area contributed by atoms with Gasteiger partial charge in [0.25, 0.3) is 0 Å². The normalized spacial score (nSPS) is 17.1. The van der Waals surface area contributed by atoms with Crippen molar-refractivity contribution < 1.29 is 5.21 Å². The molecule has 1 aliphatic rings. The van der Waals surface area contributed by atoms with E-state index >= 15 is 0 Å². The molecule has 0 amide bonds. The van der Waals surface area contributed by atoms with E-state index in [4.69, 9.17) is 5.53 Å². The summed E-state index contributed by atoms with van der Waals surface area (Å²) >= 11 is 0. The number of nitrogens with one attached hydrogen (secondary N) is 2. The van der Waals surface area contributed by atoms with Crippen LogP contribution in [0.2, 0.25) is 0 Å². The third kappa shape index (κ3) is 2.83. The highest BCUT2D eigenvalue weighted by Crippen LogP contribution is 2.36. The topological polar surface area (TPSA) is 71.7 Å². The summed E-state index contributed by atoms with van der Waals surface area (Å²) in [6, 6.07) is 15.5. The molecule has 5 nitrogen and oxygen atoms in total. The van der Waals surface area contributed by atoms with E-state index in [1.165, 1.54) is 5.06 Å². The van der Waals surface area contributed by atoms with Gasteiger partial charge in [-0.05, 0) is 25.5 Å². The van der Waals surface area contributed by atoms with Crippen LogP contribution in [0.5, 0.6) is 0 Å². The molecule has 0 atom stereocenters. The molecule has 0 bridgehead atoms. The molecule has 1 heterocycles. The largest absolute Gasteiger partial charge is 0.381 e.